The van der Waals surface area contributed by atoms with Gasteiger partial charge in [-0.05, 0) is 18.2 Å². The maximum Gasteiger partial charge on any atom is 0.377 e. The van der Waals surface area contributed by atoms with Crippen molar-refractivity contribution in [3.63, 3.8) is 0 Å². The number of aliphatic carboxylic acids is 1. The summed E-state index contributed by atoms with van der Waals surface area (Å²) in [4.78, 5) is 24.7. The van der Waals surface area contributed by atoms with E-state index in [4.69, 9.17) is 16.7 Å². The van der Waals surface area contributed by atoms with Crippen molar-refractivity contribution in [3.8, 4) is 0 Å². The summed E-state index contributed by atoms with van der Waals surface area (Å²) in [5.41, 5.74) is 0.776. The van der Waals surface area contributed by atoms with Crippen LogP contribution in [0.25, 0.3) is 10.9 Å². The Hall–Kier alpha value is -1.81. The van der Waals surface area contributed by atoms with Crippen molar-refractivity contribution in [2.24, 2.45) is 0 Å². The van der Waals surface area contributed by atoms with Crippen LogP contribution in [0, 0.1) is 0 Å². The summed E-state index contributed by atoms with van der Waals surface area (Å²) < 4.78 is 0. The summed E-state index contributed by atoms with van der Waals surface area (Å²) in [6.45, 7) is 0. The zero-order chi connectivity index (χ0) is 11.0. The van der Waals surface area contributed by atoms with Gasteiger partial charge in [0.05, 0.1) is 5.02 Å². The van der Waals surface area contributed by atoms with Crippen molar-refractivity contribution in [2.45, 2.75) is 0 Å². The number of ketones is 1. The highest BCUT2D eigenvalue weighted by molar-refractivity contribution is 6.47. The van der Waals surface area contributed by atoms with E-state index >= 15 is 0 Å². The molecule has 76 valence electrons. The Morgan fingerprint density at radius 3 is 2.67 bits per heavy atom. The third kappa shape index (κ3) is 1.49. The first-order chi connectivity index (χ1) is 7.11. The van der Waals surface area contributed by atoms with E-state index in [0.717, 1.165) is 5.52 Å². The SMILES string of the molecule is O=C(O)C(=O)c1ccc2[nH]ccc2c1Cl. The fourth-order valence-electron chi connectivity index (χ4n) is 1.39. The molecule has 0 aliphatic rings. The van der Waals surface area contributed by atoms with E-state index < -0.39 is 11.8 Å². The van der Waals surface area contributed by atoms with Gasteiger partial charge in [0.1, 0.15) is 0 Å². The number of fused-ring (bicyclic) bond motifs is 1. The fraction of sp³-hybridized carbons (Fsp3) is 0. The number of halogens is 1. The molecular formula is C10H6ClNO3. The summed E-state index contributed by atoms with van der Waals surface area (Å²) in [5.74, 6) is -2.50. The molecule has 0 atom stereocenters. The quantitative estimate of drug-likeness (QED) is 0.605. The number of aromatic amines is 1. The number of carbonyl (C=O) groups excluding carboxylic acids is 1. The molecular weight excluding hydrogens is 218 g/mol. The molecule has 1 heterocycles. The van der Waals surface area contributed by atoms with E-state index in [1.54, 1.807) is 18.3 Å². The van der Waals surface area contributed by atoms with Gasteiger partial charge in [0.2, 0.25) is 0 Å². The molecule has 2 aromatic rings. The third-order valence-corrected chi connectivity index (χ3v) is 2.51. The van der Waals surface area contributed by atoms with Gasteiger partial charge in [0.25, 0.3) is 5.78 Å². The number of carbonyl (C=O) groups is 2. The highest BCUT2D eigenvalue weighted by atomic mass is 35.5. The molecule has 0 unspecified atom stereocenters. The molecule has 0 fully saturated rings. The van der Waals surface area contributed by atoms with Gasteiger partial charge in [0, 0.05) is 22.7 Å². The second kappa shape index (κ2) is 3.40. The van der Waals surface area contributed by atoms with E-state index in [2.05, 4.69) is 4.98 Å². The topological polar surface area (TPSA) is 70.2 Å². The summed E-state index contributed by atoms with van der Waals surface area (Å²) >= 11 is 5.92. The number of hydrogen-bond acceptors (Lipinski definition) is 2. The lowest BCUT2D eigenvalue weighted by Gasteiger charge is -2.00. The summed E-state index contributed by atoms with van der Waals surface area (Å²) in [5, 5.41) is 9.38. The van der Waals surface area contributed by atoms with Crippen LogP contribution in [0.2, 0.25) is 5.02 Å². The van der Waals surface area contributed by atoms with Crippen molar-refractivity contribution in [1.29, 1.82) is 0 Å². The molecule has 5 heteroatoms. The fourth-order valence-corrected chi connectivity index (χ4v) is 1.70. The van der Waals surface area contributed by atoms with Gasteiger partial charge in [0.15, 0.2) is 0 Å². The van der Waals surface area contributed by atoms with Crippen LogP contribution in [0.1, 0.15) is 10.4 Å². The van der Waals surface area contributed by atoms with Crippen LogP contribution in [-0.2, 0) is 4.79 Å². The predicted octanol–water partition coefficient (Wildman–Crippen LogP) is 2.09. The van der Waals surface area contributed by atoms with Crippen LogP contribution in [-0.4, -0.2) is 21.8 Å². The number of hydrogen-bond donors (Lipinski definition) is 2. The van der Waals surface area contributed by atoms with Crippen molar-refractivity contribution in [2.75, 3.05) is 0 Å². The van der Waals surface area contributed by atoms with E-state index in [0.29, 0.717) is 5.39 Å². The van der Waals surface area contributed by atoms with Crippen molar-refractivity contribution >= 4 is 34.3 Å². The first-order valence-electron chi connectivity index (χ1n) is 4.14. The van der Waals surface area contributed by atoms with Crippen LogP contribution >= 0.6 is 11.6 Å². The molecule has 2 N–H and O–H groups in total. The normalized spacial score (nSPS) is 10.5. The Labute approximate surface area is 89.5 Å². The molecule has 0 aliphatic heterocycles. The average Bonchev–Trinajstić information content (AvgIpc) is 2.66. The predicted molar refractivity (Wildman–Crippen MR) is 55.3 cm³/mol. The van der Waals surface area contributed by atoms with E-state index in [-0.39, 0.29) is 10.6 Å². The summed E-state index contributed by atoms with van der Waals surface area (Å²) in [6, 6.07) is 4.71. The van der Waals surface area contributed by atoms with Gasteiger partial charge >= 0.3 is 5.97 Å². The highest BCUT2D eigenvalue weighted by Crippen LogP contribution is 2.26. The van der Waals surface area contributed by atoms with E-state index in [1.165, 1.54) is 6.07 Å². The molecule has 0 radical (unpaired) electrons. The maximum atomic E-state index is 11.2. The van der Waals surface area contributed by atoms with Gasteiger partial charge in [-0.2, -0.15) is 0 Å². The first-order valence-corrected chi connectivity index (χ1v) is 4.52. The molecule has 0 bridgehead atoms. The van der Waals surface area contributed by atoms with Crippen molar-refractivity contribution < 1.29 is 14.7 Å². The van der Waals surface area contributed by atoms with Gasteiger partial charge < -0.3 is 10.1 Å². The molecule has 4 nitrogen and oxygen atoms in total. The van der Waals surface area contributed by atoms with Crippen LogP contribution in [0.4, 0.5) is 0 Å². The van der Waals surface area contributed by atoms with Gasteiger partial charge in [-0.15, -0.1) is 0 Å². The molecule has 2 rings (SSSR count). The molecule has 0 spiro atoms. The number of benzene rings is 1. The second-order valence-electron chi connectivity index (χ2n) is 3.00. The largest absolute Gasteiger partial charge is 0.475 e. The molecule has 1 aromatic heterocycles. The molecule has 0 amide bonds. The Morgan fingerprint density at radius 1 is 1.27 bits per heavy atom. The Balaban J connectivity index is 2.67. The minimum absolute atomic E-state index is 0.0104. The lowest BCUT2D eigenvalue weighted by atomic mass is 10.1. The van der Waals surface area contributed by atoms with Crippen LogP contribution in [0.3, 0.4) is 0 Å². The Morgan fingerprint density at radius 2 is 2.00 bits per heavy atom. The molecule has 1 aromatic carbocycles. The van der Waals surface area contributed by atoms with Crippen molar-refractivity contribution in [1.82, 2.24) is 4.98 Å². The zero-order valence-corrected chi connectivity index (χ0v) is 8.21. The number of Topliss-reactive ketones (excluding diaryl/α,β-unsaturated/α-hetero) is 1. The minimum Gasteiger partial charge on any atom is -0.475 e. The highest BCUT2D eigenvalue weighted by Gasteiger charge is 2.19. The monoisotopic (exact) mass is 223 g/mol. The number of nitrogens with one attached hydrogen (secondary N) is 1. The van der Waals surface area contributed by atoms with E-state index in [9.17, 15) is 9.59 Å². The maximum absolute atomic E-state index is 11.2. The van der Waals surface area contributed by atoms with Crippen LogP contribution in [0.15, 0.2) is 24.4 Å². The molecule has 15 heavy (non-hydrogen) atoms. The second-order valence-corrected chi connectivity index (χ2v) is 3.38. The van der Waals surface area contributed by atoms with Gasteiger partial charge in [-0.3, -0.25) is 4.79 Å². The number of carboxylic acids is 1. The summed E-state index contributed by atoms with van der Waals surface area (Å²) in [7, 11) is 0. The standard InChI is InChI=1S/C10H6ClNO3/c11-8-5-3-4-12-7(5)2-1-6(8)9(13)10(14)15/h1-4,12H,(H,14,15). The average molecular weight is 224 g/mol. The van der Waals surface area contributed by atoms with Crippen molar-refractivity contribution in [3.05, 3.63) is 35.0 Å². The third-order valence-electron chi connectivity index (χ3n) is 2.11. The Kier molecular flexibility index (Phi) is 2.21. The van der Waals surface area contributed by atoms with Crippen LogP contribution in [0.5, 0.6) is 0 Å². The lowest BCUT2D eigenvalue weighted by Crippen LogP contribution is -2.13. The van der Waals surface area contributed by atoms with E-state index in [1.807, 2.05) is 0 Å². The smallest absolute Gasteiger partial charge is 0.377 e. The molecule has 0 saturated heterocycles. The van der Waals surface area contributed by atoms with Gasteiger partial charge in [-0.25, -0.2) is 4.79 Å². The number of H-pyrrole nitrogens is 1. The Bertz CT molecular complexity index is 559. The van der Waals surface area contributed by atoms with Crippen LogP contribution < -0.4 is 0 Å². The number of aromatic nitrogens is 1. The van der Waals surface area contributed by atoms with Gasteiger partial charge in [-0.1, -0.05) is 11.6 Å². The number of carboxylic acid groups (broad SMARTS) is 1. The number of rotatable bonds is 2. The zero-order valence-electron chi connectivity index (χ0n) is 7.45. The minimum atomic E-state index is -1.51. The molecule has 0 aliphatic carbocycles. The first kappa shape index (κ1) is 9.73. The molecule has 0 saturated carbocycles. The lowest BCUT2D eigenvalue weighted by molar-refractivity contribution is -0.131. The summed E-state index contributed by atoms with van der Waals surface area (Å²) in [6.07, 6.45) is 1.67.